The zero-order chi connectivity index (χ0) is 15.2. The van der Waals surface area contributed by atoms with Crippen molar-refractivity contribution in [2.75, 3.05) is 26.2 Å². The number of likely N-dealkylation sites (tertiary alicyclic amines) is 1. The fraction of sp³-hybridized carbons (Fsp3) is 0.333. The van der Waals surface area contributed by atoms with E-state index in [1.165, 1.54) is 25.9 Å². The summed E-state index contributed by atoms with van der Waals surface area (Å²) in [6.07, 6.45) is 2.60. The van der Waals surface area contributed by atoms with Crippen LogP contribution in [0.15, 0.2) is 48.5 Å². The molecule has 0 saturated carbocycles. The molecule has 2 aromatic carbocycles. The van der Waals surface area contributed by atoms with E-state index in [4.69, 9.17) is 21.1 Å². The molecule has 2 aromatic rings. The Morgan fingerprint density at radius 1 is 0.955 bits per heavy atom. The second-order valence-corrected chi connectivity index (χ2v) is 5.84. The molecule has 1 aliphatic heterocycles. The highest BCUT2D eigenvalue weighted by molar-refractivity contribution is 6.30. The molecule has 22 heavy (non-hydrogen) atoms. The summed E-state index contributed by atoms with van der Waals surface area (Å²) in [6.45, 7) is 4.01. The van der Waals surface area contributed by atoms with Crippen molar-refractivity contribution in [2.24, 2.45) is 0 Å². The van der Waals surface area contributed by atoms with Gasteiger partial charge in [0.05, 0.1) is 0 Å². The minimum Gasteiger partial charge on any atom is -0.488 e. The highest BCUT2D eigenvalue weighted by Gasteiger charge is 2.12. The lowest BCUT2D eigenvalue weighted by Crippen LogP contribution is -2.25. The molecule has 0 radical (unpaired) electrons. The number of ether oxygens (including phenoxy) is 2. The third-order valence-electron chi connectivity index (χ3n) is 3.74. The zero-order valence-corrected chi connectivity index (χ0v) is 13.3. The first-order valence-corrected chi connectivity index (χ1v) is 8.07. The quantitative estimate of drug-likeness (QED) is 0.776. The molecule has 4 heteroatoms. The van der Waals surface area contributed by atoms with Gasteiger partial charge in [0.2, 0.25) is 0 Å². The normalized spacial score (nSPS) is 15.0. The molecule has 3 rings (SSSR count). The fourth-order valence-electron chi connectivity index (χ4n) is 2.60. The summed E-state index contributed by atoms with van der Waals surface area (Å²) in [7, 11) is 0. The zero-order valence-electron chi connectivity index (χ0n) is 12.5. The van der Waals surface area contributed by atoms with Crippen LogP contribution >= 0.6 is 11.6 Å². The number of hydrogen-bond donors (Lipinski definition) is 0. The monoisotopic (exact) mass is 317 g/mol. The lowest BCUT2D eigenvalue weighted by Gasteiger charge is -2.16. The summed E-state index contributed by atoms with van der Waals surface area (Å²) < 4.78 is 11.8. The van der Waals surface area contributed by atoms with Gasteiger partial charge in [-0.1, -0.05) is 29.8 Å². The van der Waals surface area contributed by atoms with Crippen LogP contribution < -0.4 is 9.47 Å². The van der Waals surface area contributed by atoms with Crippen LogP contribution in [0.1, 0.15) is 12.8 Å². The van der Waals surface area contributed by atoms with Crippen molar-refractivity contribution in [1.82, 2.24) is 4.90 Å². The van der Waals surface area contributed by atoms with E-state index in [9.17, 15) is 0 Å². The smallest absolute Gasteiger partial charge is 0.169 e. The molecule has 116 valence electrons. The largest absolute Gasteiger partial charge is 0.488 e. The summed E-state index contributed by atoms with van der Waals surface area (Å²) >= 11 is 5.99. The first-order chi connectivity index (χ1) is 10.8. The van der Waals surface area contributed by atoms with E-state index in [0.717, 1.165) is 12.3 Å². The summed E-state index contributed by atoms with van der Waals surface area (Å²) in [5.74, 6) is 2.19. The third-order valence-corrected chi connectivity index (χ3v) is 3.97. The molecule has 0 atom stereocenters. The van der Waals surface area contributed by atoms with Crippen LogP contribution in [0.5, 0.6) is 17.2 Å². The lowest BCUT2D eigenvalue weighted by atomic mass is 10.3. The van der Waals surface area contributed by atoms with E-state index in [-0.39, 0.29) is 0 Å². The van der Waals surface area contributed by atoms with Crippen molar-refractivity contribution in [3.63, 3.8) is 0 Å². The van der Waals surface area contributed by atoms with E-state index in [1.54, 1.807) is 6.07 Å². The Bertz CT molecular complexity index is 612. The number of nitrogens with zero attached hydrogens (tertiary/aromatic N) is 1. The minimum absolute atomic E-state index is 0.657. The SMILES string of the molecule is Clc1cccc(Oc2ccccc2OCCN2CCCC2)c1. The van der Waals surface area contributed by atoms with Crippen LogP contribution in [0, 0.1) is 0 Å². The van der Waals surface area contributed by atoms with Gasteiger partial charge in [0.15, 0.2) is 11.5 Å². The lowest BCUT2D eigenvalue weighted by molar-refractivity contribution is 0.232. The molecule has 0 spiro atoms. The highest BCUT2D eigenvalue weighted by Crippen LogP contribution is 2.32. The van der Waals surface area contributed by atoms with Gasteiger partial charge >= 0.3 is 0 Å². The number of hydrogen-bond acceptors (Lipinski definition) is 3. The Balaban J connectivity index is 1.61. The number of benzene rings is 2. The molecule has 1 fully saturated rings. The molecular weight excluding hydrogens is 298 g/mol. The second kappa shape index (κ2) is 7.52. The van der Waals surface area contributed by atoms with Gasteiger partial charge in [-0.3, -0.25) is 4.90 Å². The third kappa shape index (κ3) is 4.15. The maximum Gasteiger partial charge on any atom is 0.169 e. The van der Waals surface area contributed by atoms with Gasteiger partial charge in [0.25, 0.3) is 0 Å². The first kappa shape index (κ1) is 15.2. The topological polar surface area (TPSA) is 21.7 Å². The molecule has 1 heterocycles. The van der Waals surface area contributed by atoms with Crippen molar-refractivity contribution >= 4 is 11.6 Å². The van der Waals surface area contributed by atoms with Gasteiger partial charge in [0.1, 0.15) is 12.4 Å². The van der Waals surface area contributed by atoms with Crippen LogP contribution in [0.3, 0.4) is 0 Å². The molecule has 0 amide bonds. The fourth-order valence-corrected chi connectivity index (χ4v) is 2.78. The predicted molar refractivity (Wildman–Crippen MR) is 89.1 cm³/mol. The molecule has 1 saturated heterocycles. The minimum atomic E-state index is 0.657. The average molecular weight is 318 g/mol. The van der Waals surface area contributed by atoms with Crippen LogP contribution in [0.4, 0.5) is 0 Å². The van der Waals surface area contributed by atoms with Crippen molar-refractivity contribution in [3.8, 4) is 17.2 Å². The molecule has 0 N–H and O–H groups in total. The van der Waals surface area contributed by atoms with Crippen molar-refractivity contribution in [3.05, 3.63) is 53.6 Å². The van der Waals surface area contributed by atoms with Crippen LogP contribution in [-0.4, -0.2) is 31.1 Å². The maximum absolute atomic E-state index is 5.99. The van der Waals surface area contributed by atoms with Crippen molar-refractivity contribution in [1.29, 1.82) is 0 Å². The van der Waals surface area contributed by atoms with Gasteiger partial charge in [-0.05, 0) is 56.3 Å². The molecule has 0 aromatic heterocycles. The van der Waals surface area contributed by atoms with Crippen LogP contribution in [0.25, 0.3) is 0 Å². The molecule has 0 bridgehead atoms. The Kier molecular flexibility index (Phi) is 5.20. The van der Waals surface area contributed by atoms with Gasteiger partial charge < -0.3 is 9.47 Å². The summed E-state index contributed by atoms with van der Waals surface area (Å²) in [5, 5.41) is 0.657. The maximum atomic E-state index is 5.99. The Hall–Kier alpha value is -1.71. The Labute approximate surface area is 136 Å². The molecular formula is C18H20ClNO2. The highest BCUT2D eigenvalue weighted by atomic mass is 35.5. The summed E-state index contributed by atoms with van der Waals surface area (Å²) in [6, 6.07) is 15.1. The first-order valence-electron chi connectivity index (χ1n) is 7.69. The van der Waals surface area contributed by atoms with Crippen molar-refractivity contribution < 1.29 is 9.47 Å². The molecule has 0 aliphatic carbocycles. The molecule has 3 nitrogen and oxygen atoms in total. The van der Waals surface area contributed by atoms with E-state index in [0.29, 0.717) is 23.1 Å². The van der Waals surface area contributed by atoms with E-state index in [2.05, 4.69) is 4.90 Å². The van der Waals surface area contributed by atoms with Crippen LogP contribution in [0.2, 0.25) is 5.02 Å². The van der Waals surface area contributed by atoms with E-state index < -0.39 is 0 Å². The van der Waals surface area contributed by atoms with Gasteiger partial charge in [-0.15, -0.1) is 0 Å². The molecule has 1 aliphatic rings. The Morgan fingerprint density at radius 3 is 2.50 bits per heavy atom. The van der Waals surface area contributed by atoms with Gasteiger partial charge in [-0.2, -0.15) is 0 Å². The van der Waals surface area contributed by atoms with Crippen LogP contribution in [-0.2, 0) is 0 Å². The van der Waals surface area contributed by atoms with Crippen molar-refractivity contribution in [2.45, 2.75) is 12.8 Å². The van der Waals surface area contributed by atoms with Gasteiger partial charge in [0, 0.05) is 11.6 Å². The number of rotatable bonds is 6. The van der Waals surface area contributed by atoms with E-state index >= 15 is 0 Å². The predicted octanol–water partition coefficient (Wildman–Crippen LogP) is 4.61. The Morgan fingerprint density at radius 2 is 1.73 bits per heavy atom. The number of para-hydroxylation sites is 2. The van der Waals surface area contributed by atoms with Gasteiger partial charge in [-0.25, -0.2) is 0 Å². The van der Waals surface area contributed by atoms with E-state index in [1.807, 2.05) is 42.5 Å². The summed E-state index contributed by atoms with van der Waals surface area (Å²) in [4.78, 5) is 2.43. The number of halogens is 1. The molecule has 0 unspecified atom stereocenters. The second-order valence-electron chi connectivity index (χ2n) is 5.40. The standard InChI is InChI=1S/C18H20ClNO2/c19-15-6-5-7-16(14-15)22-18-9-2-1-8-17(18)21-13-12-20-10-3-4-11-20/h1-2,5-9,14H,3-4,10-13H2. The average Bonchev–Trinajstić information content (AvgIpc) is 3.02. The summed E-state index contributed by atoms with van der Waals surface area (Å²) in [5.41, 5.74) is 0.